The summed E-state index contributed by atoms with van der Waals surface area (Å²) in [5.74, 6) is 3.89. The number of thiophene rings is 1. The molecule has 2 aromatic heterocycles. The van der Waals surface area contributed by atoms with E-state index in [1.165, 1.54) is 11.8 Å². The number of thioether (sulfide) groups is 1. The largest absolute Gasteiger partial charge is 0.454 e. The minimum absolute atomic E-state index is 0.0164. The molecule has 0 saturated carbocycles. The summed E-state index contributed by atoms with van der Waals surface area (Å²) >= 11 is 3.11. The Kier molecular flexibility index (Phi) is 5.35. The molecular weight excluding hydrogens is 384 g/mol. The highest BCUT2D eigenvalue weighted by molar-refractivity contribution is 7.99. The third-order valence-electron chi connectivity index (χ3n) is 4.02. The Morgan fingerprint density at radius 3 is 3.04 bits per heavy atom. The van der Waals surface area contributed by atoms with Crippen molar-refractivity contribution < 1.29 is 18.7 Å². The van der Waals surface area contributed by atoms with E-state index in [-0.39, 0.29) is 12.7 Å². The summed E-state index contributed by atoms with van der Waals surface area (Å²) in [6.45, 7) is 2.61. The minimum atomic E-state index is -0.0164. The van der Waals surface area contributed by atoms with Crippen molar-refractivity contribution >= 4 is 29.0 Å². The number of hydrogen-bond acceptors (Lipinski definition) is 7. The first-order valence-corrected chi connectivity index (χ1v) is 10.5. The van der Waals surface area contributed by atoms with E-state index < -0.39 is 0 Å². The fraction of sp³-hybridized carbons (Fsp3) is 0.263. The van der Waals surface area contributed by atoms with Crippen molar-refractivity contribution in [3.8, 4) is 22.3 Å². The fourth-order valence-electron chi connectivity index (χ4n) is 2.61. The van der Waals surface area contributed by atoms with E-state index in [9.17, 15) is 4.79 Å². The maximum atomic E-state index is 12.1. The predicted molar refractivity (Wildman–Crippen MR) is 105 cm³/mol. The van der Waals surface area contributed by atoms with Gasteiger partial charge in [0.15, 0.2) is 11.5 Å². The summed E-state index contributed by atoms with van der Waals surface area (Å²) in [5, 5.41) is 4.91. The van der Waals surface area contributed by atoms with Gasteiger partial charge in [-0.3, -0.25) is 4.79 Å². The topological polar surface area (TPSA) is 73.6 Å². The second kappa shape index (κ2) is 8.06. The smallest absolute Gasteiger partial charge is 0.236 e. The molecule has 0 bridgehead atoms. The molecule has 1 aliphatic rings. The number of amides is 1. The molecule has 4 rings (SSSR count). The van der Waals surface area contributed by atoms with E-state index >= 15 is 0 Å². The molecule has 3 heterocycles. The number of nitrogens with one attached hydrogen (secondary N) is 1. The second-order valence-electron chi connectivity index (χ2n) is 5.96. The molecule has 27 heavy (non-hydrogen) atoms. The average Bonchev–Trinajstić information content (AvgIpc) is 3.41. The molecule has 3 aromatic rings. The molecule has 1 N–H and O–H groups in total. The molecular formula is C19H18N2O4S2. The van der Waals surface area contributed by atoms with Crippen LogP contribution in [0.15, 0.2) is 40.1 Å². The predicted octanol–water partition coefficient (Wildman–Crippen LogP) is 3.99. The molecule has 6 nitrogen and oxygen atoms in total. The zero-order valence-electron chi connectivity index (χ0n) is 14.7. The number of oxazole rings is 1. The molecule has 1 amide bonds. The van der Waals surface area contributed by atoms with Gasteiger partial charge in [-0.2, -0.15) is 0 Å². The van der Waals surface area contributed by atoms with Crippen molar-refractivity contribution in [1.29, 1.82) is 0 Å². The first kappa shape index (κ1) is 17.9. The highest BCUT2D eigenvalue weighted by atomic mass is 32.2. The lowest BCUT2D eigenvalue weighted by Gasteiger charge is -2.06. The number of carbonyl (C=O) groups is 1. The van der Waals surface area contributed by atoms with Crippen LogP contribution in [0, 0.1) is 6.92 Å². The maximum absolute atomic E-state index is 12.1. The molecule has 1 aromatic carbocycles. The Balaban J connectivity index is 1.24. The molecule has 0 aliphatic carbocycles. The number of aromatic nitrogens is 1. The third kappa shape index (κ3) is 4.28. The van der Waals surface area contributed by atoms with Gasteiger partial charge in [-0.05, 0) is 36.1 Å². The Morgan fingerprint density at radius 2 is 2.19 bits per heavy atom. The Hall–Kier alpha value is -2.45. The number of nitrogens with zero attached hydrogens (tertiary/aromatic N) is 1. The van der Waals surface area contributed by atoms with Crippen molar-refractivity contribution in [3.63, 3.8) is 0 Å². The van der Waals surface area contributed by atoms with Crippen LogP contribution in [0.4, 0.5) is 0 Å². The van der Waals surface area contributed by atoms with Crippen LogP contribution >= 0.6 is 23.1 Å². The van der Waals surface area contributed by atoms with Crippen LogP contribution < -0.4 is 14.8 Å². The number of ether oxygens (including phenoxy) is 2. The van der Waals surface area contributed by atoms with Crippen molar-refractivity contribution in [2.24, 2.45) is 0 Å². The molecule has 1 aliphatic heterocycles. The number of hydrogen-bond donors (Lipinski definition) is 1. The lowest BCUT2D eigenvalue weighted by atomic mass is 10.2. The van der Waals surface area contributed by atoms with Gasteiger partial charge in [-0.1, -0.05) is 12.1 Å². The van der Waals surface area contributed by atoms with Gasteiger partial charge in [0.1, 0.15) is 5.76 Å². The standard InChI is InChI=1S/C19H18N2O4S2/c1-12-14(21-19(25-12)17-3-2-6-27-17)9-26-10-18(22)20-8-13-4-5-15-16(7-13)24-11-23-15/h2-7H,8-11H2,1H3,(H,20,22). The maximum Gasteiger partial charge on any atom is 0.236 e. The van der Waals surface area contributed by atoms with Crippen molar-refractivity contribution in [2.45, 2.75) is 19.2 Å². The molecule has 140 valence electrons. The lowest BCUT2D eigenvalue weighted by Crippen LogP contribution is -2.24. The van der Waals surface area contributed by atoms with Gasteiger partial charge in [0.05, 0.1) is 16.3 Å². The molecule has 0 radical (unpaired) electrons. The third-order valence-corrected chi connectivity index (χ3v) is 5.82. The van der Waals surface area contributed by atoms with Crippen molar-refractivity contribution in [3.05, 3.63) is 52.7 Å². The molecule has 8 heteroatoms. The van der Waals surface area contributed by atoms with Gasteiger partial charge in [0.2, 0.25) is 18.6 Å². The van der Waals surface area contributed by atoms with Gasteiger partial charge in [0.25, 0.3) is 0 Å². The molecule has 0 atom stereocenters. The highest BCUT2D eigenvalue weighted by Crippen LogP contribution is 2.32. The van der Waals surface area contributed by atoms with E-state index in [2.05, 4.69) is 10.3 Å². The Morgan fingerprint density at radius 1 is 1.30 bits per heavy atom. The SMILES string of the molecule is Cc1oc(-c2cccs2)nc1CSCC(=O)NCc1ccc2c(c1)OCO2. The van der Waals surface area contributed by atoms with E-state index in [1.54, 1.807) is 11.3 Å². The van der Waals surface area contributed by atoms with Gasteiger partial charge >= 0.3 is 0 Å². The van der Waals surface area contributed by atoms with Crippen molar-refractivity contribution in [2.75, 3.05) is 12.5 Å². The van der Waals surface area contributed by atoms with E-state index in [0.29, 0.717) is 23.9 Å². The number of carbonyl (C=O) groups excluding carboxylic acids is 1. The summed E-state index contributed by atoms with van der Waals surface area (Å²) in [5.41, 5.74) is 1.86. The average molecular weight is 402 g/mol. The van der Waals surface area contributed by atoms with Crippen LogP contribution in [0.5, 0.6) is 11.5 Å². The van der Waals surface area contributed by atoms with Gasteiger partial charge in [-0.15, -0.1) is 23.1 Å². The molecule has 0 unspecified atom stereocenters. The van der Waals surface area contributed by atoms with E-state index in [0.717, 1.165) is 33.4 Å². The Bertz CT molecular complexity index is 937. The summed E-state index contributed by atoms with van der Waals surface area (Å²) < 4.78 is 16.4. The fourth-order valence-corrected chi connectivity index (χ4v) is 4.11. The molecule has 0 spiro atoms. The number of benzene rings is 1. The number of fused-ring (bicyclic) bond motifs is 1. The second-order valence-corrected chi connectivity index (χ2v) is 7.89. The first-order valence-electron chi connectivity index (χ1n) is 8.42. The van der Waals surface area contributed by atoms with Crippen LogP contribution in [0.1, 0.15) is 17.0 Å². The number of rotatable bonds is 7. The van der Waals surface area contributed by atoms with Crippen LogP contribution in [-0.2, 0) is 17.1 Å². The molecule has 0 saturated heterocycles. The minimum Gasteiger partial charge on any atom is -0.454 e. The van der Waals surface area contributed by atoms with E-state index in [4.69, 9.17) is 13.9 Å². The first-order chi connectivity index (χ1) is 13.2. The highest BCUT2D eigenvalue weighted by Gasteiger charge is 2.14. The van der Waals surface area contributed by atoms with Gasteiger partial charge < -0.3 is 19.2 Å². The van der Waals surface area contributed by atoms with Gasteiger partial charge in [-0.25, -0.2) is 4.98 Å². The summed E-state index contributed by atoms with van der Waals surface area (Å²) in [7, 11) is 0. The molecule has 0 fully saturated rings. The van der Waals surface area contributed by atoms with E-state index in [1.807, 2.05) is 42.6 Å². The monoisotopic (exact) mass is 402 g/mol. The van der Waals surface area contributed by atoms with Crippen molar-refractivity contribution in [1.82, 2.24) is 10.3 Å². The van der Waals surface area contributed by atoms with Crippen LogP contribution in [-0.4, -0.2) is 23.4 Å². The van der Waals surface area contributed by atoms with Crippen LogP contribution in [0.3, 0.4) is 0 Å². The zero-order valence-corrected chi connectivity index (χ0v) is 16.3. The van der Waals surface area contributed by atoms with Crippen LogP contribution in [0.2, 0.25) is 0 Å². The summed E-state index contributed by atoms with van der Waals surface area (Å²) in [6.07, 6.45) is 0. The lowest BCUT2D eigenvalue weighted by molar-refractivity contribution is -0.118. The quantitative estimate of drug-likeness (QED) is 0.644. The summed E-state index contributed by atoms with van der Waals surface area (Å²) in [4.78, 5) is 17.6. The normalized spacial score (nSPS) is 12.3. The zero-order chi connectivity index (χ0) is 18.6. The van der Waals surface area contributed by atoms with Crippen LogP contribution in [0.25, 0.3) is 10.8 Å². The summed E-state index contributed by atoms with van der Waals surface area (Å²) in [6, 6.07) is 9.62. The number of aryl methyl sites for hydroxylation is 1. The van der Waals surface area contributed by atoms with Gasteiger partial charge in [0, 0.05) is 12.3 Å². The Labute approximate surface area is 164 Å².